The zero-order valence-electron chi connectivity index (χ0n) is 15.2. The van der Waals surface area contributed by atoms with Gasteiger partial charge in [-0.25, -0.2) is 9.37 Å². The number of carbonyl (C=O) groups is 1. The molecule has 1 N–H and O–H groups in total. The number of carbonyl (C=O) groups excluding carboxylic acids is 1. The van der Waals surface area contributed by atoms with Crippen molar-refractivity contribution in [2.24, 2.45) is 5.92 Å². The standard InChI is InChI=1S/C20H26FN3O2/c1-2-4-19(25)22-11-15-5-3-10-24(12-15)13-18-14-26-20(23-18)16-6-8-17(21)9-7-16/h6-9,14-15H,2-5,10-13H2,1H3,(H,22,25). The minimum absolute atomic E-state index is 0.144. The molecule has 1 fully saturated rings. The van der Waals surface area contributed by atoms with Crippen molar-refractivity contribution in [3.8, 4) is 11.5 Å². The molecule has 2 heterocycles. The van der Waals surface area contributed by atoms with Gasteiger partial charge in [0.15, 0.2) is 0 Å². The summed E-state index contributed by atoms with van der Waals surface area (Å²) in [6, 6.07) is 6.14. The van der Waals surface area contributed by atoms with Crippen LogP contribution in [0.5, 0.6) is 0 Å². The van der Waals surface area contributed by atoms with E-state index in [4.69, 9.17) is 4.42 Å². The van der Waals surface area contributed by atoms with Crippen LogP contribution in [-0.2, 0) is 11.3 Å². The number of nitrogens with zero attached hydrogens (tertiary/aromatic N) is 2. The minimum Gasteiger partial charge on any atom is -0.444 e. The number of rotatable bonds is 7. The fraction of sp³-hybridized carbons (Fsp3) is 0.500. The van der Waals surface area contributed by atoms with Crippen molar-refractivity contribution in [2.45, 2.75) is 39.2 Å². The Morgan fingerprint density at radius 3 is 2.96 bits per heavy atom. The van der Waals surface area contributed by atoms with Crippen molar-refractivity contribution in [2.75, 3.05) is 19.6 Å². The average molecular weight is 359 g/mol. The molecule has 2 aromatic rings. The third-order valence-corrected chi connectivity index (χ3v) is 4.70. The molecule has 140 valence electrons. The molecule has 1 amide bonds. The number of aromatic nitrogens is 1. The highest BCUT2D eigenvalue weighted by atomic mass is 19.1. The second-order valence-corrected chi connectivity index (χ2v) is 6.95. The quantitative estimate of drug-likeness (QED) is 0.820. The monoisotopic (exact) mass is 359 g/mol. The largest absolute Gasteiger partial charge is 0.444 e. The zero-order valence-corrected chi connectivity index (χ0v) is 15.2. The third kappa shape index (κ3) is 5.14. The summed E-state index contributed by atoms with van der Waals surface area (Å²) < 4.78 is 18.6. The van der Waals surface area contributed by atoms with E-state index < -0.39 is 0 Å². The van der Waals surface area contributed by atoms with Crippen LogP contribution in [-0.4, -0.2) is 35.4 Å². The van der Waals surface area contributed by atoms with E-state index in [1.165, 1.54) is 12.1 Å². The molecule has 1 unspecified atom stereocenters. The topological polar surface area (TPSA) is 58.4 Å². The summed E-state index contributed by atoms with van der Waals surface area (Å²) in [5, 5.41) is 3.04. The summed E-state index contributed by atoms with van der Waals surface area (Å²) >= 11 is 0. The van der Waals surface area contributed by atoms with Crippen molar-refractivity contribution in [3.63, 3.8) is 0 Å². The number of halogens is 1. The van der Waals surface area contributed by atoms with Gasteiger partial charge < -0.3 is 9.73 Å². The normalized spacial score (nSPS) is 18.0. The summed E-state index contributed by atoms with van der Waals surface area (Å²) in [7, 11) is 0. The van der Waals surface area contributed by atoms with Crippen molar-refractivity contribution < 1.29 is 13.6 Å². The highest BCUT2D eigenvalue weighted by Crippen LogP contribution is 2.22. The van der Waals surface area contributed by atoms with E-state index in [1.807, 2.05) is 6.92 Å². The Kier molecular flexibility index (Phi) is 6.39. The Balaban J connectivity index is 1.52. The first kappa shape index (κ1) is 18.6. The van der Waals surface area contributed by atoms with Crippen molar-refractivity contribution in [3.05, 3.63) is 42.0 Å². The summed E-state index contributed by atoms with van der Waals surface area (Å²) in [6.07, 6.45) is 5.41. The highest BCUT2D eigenvalue weighted by Gasteiger charge is 2.21. The van der Waals surface area contributed by atoms with Gasteiger partial charge in [0.05, 0.1) is 5.69 Å². The fourth-order valence-electron chi connectivity index (χ4n) is 3.37. The lowest BCUT2D eigenvalue weighted by atomic mass is 9.98. The van der Waals surface area contributed by atoms with Crippen molar-refractivity contribution >= 4 is 5.91 Å². The van der Waals surface area contributed by atoms with Gasteiger partial charge >= 0.3 is 0 Å². The van der Waals surface area contributed by atoms with E-state index in [2.05, 4.69) is 15.2 Å². The van der Waals surface area contributed by atoms with Crippen LogP contribution in [0.15, 0.2) is 34.9 Å². The molecule has 1 saturated heterocycles. The predicted molar refractivity (Wildman–Crippen MR) is 97.8 cm³/mol. The van der Waals surface area contributed by atoms with Gasteiger partial charge in [-0.3, -0.25) is 9.69 Å². The fourth-order valence-corrected chi connectivity index (χ4v) is 3.37. The smallest absolute Gasteiger partial charge is 0.226 e. The van der Waals surface area contributed by atoms with E-state index in [0.29, 0.717) is 18.2 Å². The number of oxazole rings is 1. The number of amides is 1. The van der Waals surface area contributed by atoms with Gasteiger partial charge in [0.25, 0.3) is 0 Å². The number of benzene rings is 1. The number of hydrogen-bond acceptors (Lipinski definition) is 4. The maximum absolute atomic E-state index is 13.0. The zero-order chi connectivity index (χ0) is 18.4. The second kappa shape index (κ2) is 8.94. The van der Waals surface area contributed by atoms with Crippen LogP contribution in [0.4, 0.5) is 4.39 Å². The first-order valence-corrected chi connectivity index (χ1v) is 9.33. The van der Waals surface area contributed by atoms with Crippen molar-refractivity contribution in [1.29, 1.82) is 0 Å². The summed E-state index contributed by atoms with van der Waals surface area (Å²) in [5.41, 5.74) is 1.65. The molecule has 1 aliphatic rings. The van der Waals surface area contributed by atoms with E-state index in [9.17, 15) is 9.18 Å². The van der Waals surface area contributed by atoms with E-state index in [1.54, 1.807) is 18.4 Å². The van der Waals surface area contributed by atoms with Gasteiger partial charge in [-0.15, -0.1) is 0 Å². The van der Waals surface area contributed by atoms with Gasteiger partial charge in [-0.2, -0.15) is 0 Å². The van der Waals surface area contributed by atoms with Gasteiger partial charge in [0.1, 0.15) is 12.1 Å². The maximum Gasteiger partial charge on any atom is 0.226 e. The average Bonchev–Trinajstić information content (AvgIpc) is 3.10. The Labute approximate surface area is 153 Å². The summed E-state index contributed by atoms with van der Waals surface area (Å²) in [4.78, 5) is 18.5. The van der Waals surface area contributed by atoms with Crippen LogP contribution in [0.25, 0.3) is 11.5 Å². The third-order valence-electron chi connectivity index (χ3n) is 4.70. The molecule has 1 atom stereocenters. The Morgan fingerprint density at radius 1 is 1.38 bits per heavy atom. The van der Waals surface area contributed by atoms with E-state index in [-0.39, 0.29) is 11.7 Å². The van der Waals surface area contributed by atoms with Crippen LogP contribution >= 0.6 is 0 Å². The van der Waals surface area contributed by atoms with Crippen LogP contribution < -0.4 is 5.32 Å². The molecule has 1 aromatic heterocycles. The molecule has 0 saturated carbocycles. The van der Waals surface area contributed by atoms with Gasteiger partial charge in [-0.05, 0) is 56.0 Å². The Bertz CT molecular complexity index is 714. The van der Waals surface area contributed by atoms with Gasteiger partial charge in [0, 0.05) is 31.6 Å². The molecule has 5 nitrogen and oxygen atoms in total. The Hall–Kier alpha value is -2.21. The molecule has 0 bridgehead atoms. The minimum atomic E-state index is -0.272. The lowest BCUT2D eigenvalue weighted by molar-refractivity contribution is -0.121. The molecule has 0 spiro atoms. The van der Waals surface area contributed by atoms with Crippen LogP contribution in [0.3, 0.4) is 0 Å². The first-order valence-electron chi connectivity index (χ1n) is 9.33. The molecule has 6 heteroatoms. The molecule has 0 radical (unpaired) electrons. The van der Waals surface area contributed by atoms with Gasteiger partial charge in [0.2, 0.25) is 11.8 Å². The van der Waals surface area contributed by atoms with Crippen molar-refractivity contribution in [1.82, 2.24) is 15.2 Å². The highest BCUT2D eigenvalue weighted by molar-refractivity contribution is 5.75. The second-order valence-electron chi connectivity index (χ2n) is 6.95. The summed E-state index contributed by atoms with van der Waals surface area (Å²) in [6.45, 7) is 5.46. The predicted octanol–water partition coefficient (Wildman–Crippen LogP) is 3.61. The number of hydrogen-bond donors (Lipinski definition) is 1. The van der Waals surface area contributed by atoms with Crippen LogP contribution in [0, 0.1) is 11.7 Å². The molecule has 26 heavy (non-hydrogen) atoms. The summed E-state index contributed by atoms with van der Waals surface area (Å²) in [5.74, 6) is 0.865. The lowest BCUT2D eigenvalue weighted by Gasteiger charge is -2.32. The number of piperidine rings is 1. The van der Waals surface area contributed by atoms with E-state index >= 15 is 0 Å². The molecule has 1 aromatic carbocycles. The van der Waals surface area contributed by atoms with Gasteiger partial charge in [-0.1, -0.05) is 6.92 Å². The molecule has 3 rings (SSSR count). The maximum atomic E-state index is 13.0. The van der Waals surface area contributed by atoms with E-state index in [0.717, 1.165) is 56.7 Å². The SMILES string of the molecule is CCCC(=O)NCC1CCCN(Cc2coc(-c3ccc(F)cc3)n2)C1. The number of likely N-dealkylation sites (tertiary alicyclic amines) is 1. The molecular formula is C20H26FN3O2. The number of nitrogens with one attached hydrogen (secondary N) is 1. The van der Waals surface area contributed by atoms with Crippen LogP contribution in [0.1, 0.15) is 38.3 Å². The lowest BCUT2D eigenvalue weighted by Crippen LogP contribution is -2.40. The van der Waals surface area contributed by atoms with Crippen LogP contribution in [0.2, 0.25) is 0 Å². The first-order chi connectivity index (χ1) is 12.6. The molecule has 1 aliphatic heterocycles. The Morgan fingerprint density at radius 2 is 2.19 bits per heavy atom. The molecular weight excluding hydrogens is 333 g/mol. The molecule has 0 aliphatic carbocycles.